The summed E-state index contributed by atoms with van der Waals surface area (Å²) < 4.78 is 18.6. The Bertz CT molecular complexity index is 300. The molecular weight excluding hydrogens is 169 g/mol. The van der Waals surface area contributed by atoms with Gasteiger partial charge in [0.1, 0.15) is 11.9 Å². The lowest BCUT2D eigenvalue weighted by molar-refractivity contribution is 0.295. The van der Waals surface area contributed by atoms with Gasteiger partial charge in [0.25, 0.3) is 0 Å². The van der Waals surface area contributed by atoms with Crippen molar-refractivity contribution in [2.45, 2.75) is 12.7 Å². The largest absolute Gasteiger partial charge is 0.496 e. The fourth-order valence-electron chi connectivity index (χ4n) is 1.71. The number of benzene rings is 1. The van der Waals surface area contributed by atoms with Gasteiger partial charge in [0.15, 0.2) is 0 Å². The van der Waals surface area contributed by atoms with E-state index in [2.05, 4.69) is 5.32 Å². The molecule has 1 unspecified atom stereocenters. The third kappa shape index (κ3) is 1.40. The minimum Gasteiger partial charge on any atom is -0.496 e. The first kappa shape index (κ1) is 8.51. The average Bonchev–Trinajstić information content (AvgIpc) is 2.17. The van der Waals surface area contributed by atoms with Gasteiger partial charge in [-0.2, -0.15) is 0 Å². The van der Waals surface area contributed by atoms with Crippen molar-refractivity contribution < 1.29 is 9.13 Å². The zero-order valence-electron chi connectivity index (χ0n) is 7.51. The Labute approximate surface area is 76.7 Å². The summed E-state index contributed by atoms with van der Waals surface area (Å²) in [6.45, 7) is 1.11. The number of methoxy groups -OCH3 is 1. The number of hydrogen-bond donors (Lipinski definition) is 1. The summed E-state index contributed by atoms with van der Waals surface area (Å²) in [5, 5.41) is 3.01. The first-order chi connectivity index (χ1) is 6.33. The first-order valence-corrected chi connectivity index (χ1v) is 4.33. The van der Waals surface area contributed by atoms with E-state index in [4.69, 9.17) is 4.74 Å². The number of fused-ring (bicyclic) bond motifs is 1. The van der Waals surface area contributed by atoms with Gasteiger partial charge in [-0.1, -0.05) is 12.1 Å². The molecule has 0 saturated heterocycles. The fraction of sp³-hybridized carbons (Fsp3) is 0.400. The molecule has 2 nitrogen and oxygen atoms in total. The third-order valence-corrected chi connectivity index (χ3v) is 2.33. The summed E-state index contributed by atoms with van der Waals surface area (Å²) in [7, 11) is 1.57. The number of halogens is 1. The molecule has 0 radical (unpaired) electrons. The molecule has 0 bridgehead atoms. The van der Waals surface area contributed by atoms with Crippen molar-refractivity contribution in [3.63, 3.8) is 0 Å². The molecule has 1 N–H and O–H groups in total. The van der Waals surface area contributed by atoms with Gasteiger partial charge in [-0.05, 0) is 11.6 Å². The fourth-order valence-corrected chi connectivity index (χ4v) is 1.71. The Kier molecular flexibility index (Phi) is 2.19. The summed E-state index contributed by atoms with van der Waals surface area (Å²) in [6.07, 6.45) is -0.945. The standard InChI is InChI=1S/C10H12FNO/c1-13-9-4-2-3-7-5-12-6-8(11)10(7)9/h2-4,8,12H,5-6H2,1H3. The maximum absolute atomic E-state index is 13.5. The van der Waals surface area contributed by atoms with Crippen molar-refractivity contribution in [1.29, 1.82) is 0 Å². The SMILES string of the molecule is COc1cccc2c1C(F)CNC2. The highest BCUT2D eigenvalue weighted by Crippen LogP contribution is 2.32. The minimum atomic E-state index is -0.945. The third-order valence-electron chi connectivity index (χ3n) is 2.33. The average molecular weight is 181 g/mol. The summed E-state index contributed by atoms with van der Waals surface area (Å²) in [5.41, 5.74) is 1.71. The summed E-state index contributed by atoms with van der Waals surface area (Å²) >= 11 is 0. The molecule has 13 heavy (non-hydrogen) atoms. The van der Waals surface area contributed by atoms with E-state index in [0.29, 0.717) is 17.9 Å². The molecule has 1 aliphatic heterocycles. The van der Waals surface area contributed by atoms with Crippen LogP contribution in [0, 0.1) is 0 Å². The Morgan fingerprint density at radius 2 is 2.38 bits per heavy atom. The number of ether oxygens (including phenoxy) is 1. The molecule has 70 valence electrons. The maximum Gasteiger partial charge on any atom is 0.141 e. The molecule has 1 aromatic carbocycles. The molecule has 0 fully saturated rings. The van der Waals surface area contributed by atoms with Crippen LogP contribution in [-0.4, -0.2) is 13.7 Å². The van der Waals surface area contributed by atoms with E-state index in [9.17, 15) is 4.39 Å². The van der Waals surface area contributed by atoms with E-state index >= 15 is 0 Å². The normalized spacial score (nSPS) is 20.9. The smallest absolute Gasteiger partial charge is 0.141 e. The Hall–Kier alpha value is -1.09. The monoisotopic (exact) mass is 181 g/mol. The quantitative estimate of drug-likeness (QED) is 0.713. The topological polar surface area (TPSA) is 21.3 Å². The Balaban J connectivity index is 2.50. The molecule has 0 saturated carbocycles. The van der Waals surface area contributed by atoms with Gasteiger partial charge in [0, 0.05) is 18.7 Å². The van der Waals surface area contributed by atoms with Crippen LogP contribution in [0.2, 0.25) is 0 Å². The second-order valence-corrected chi connectivity index (χ2v) is 3.13. The molecule has 0 aromatic heterocycles. The van der Waals surface area contributed by atoms with E-state index in [1.807, 2.05) is 12.1 Å². The van der Waals surface area contributed by atoms with Crippen LogP contribution in [0.4, 0.5) is 4.39 Å². The van der Waals surface area contributed by atoms with Gasteiger partial charge in [-0.25, -0.2) is 4.39 Å². The Morgan fingerprint density at radius 1 is 1.54 bits per heavy atom. The van der Waals surface area contributed by atoms with Crippen LogP contribution >= 0.6 is 0 Å². The minimum absolute atomic E-state index is 0.382. The van der Waals surface area contributed by atoms with Crippen LogP contribution in [0.25, 0.3) is 0 Å². The highest BCUT2D eigenvalue weighted by atomic mass is 19.1. The molecule has 0 spiro atoms. The van der Waals surface area contributed by atoms with Gasteiger partial charge >= 0.3 is 0 Å². The lowest BCUT2D eigenvalue weighted by atomic mass is 9.99. The molecular formula is C10H12FNO. The number of nitrogens with one attached hydrogen (secondary N) is 1. The zero-order chi connectivity index (χ0) is 9.26. The molecule has 0 amide bonds. The lowest BCUT2D eigenvalue weighted by Crippen LogP contribution is -2.26. The summed E-state index contributed by atoms with van der Waals surface area (Å²) in [6, 6.07) is 5.62. The van der Waals surface area contributed by atoms with E-state index < -0.39 is 6.17 Å². The summed E-state index contributed by atoms with van der Waals surface area (Å²) in [5.74, 6) is 0.659. The van der Waals surface area contributed by atoms with Gasteiger partial charge in [-0.3, -0.25) is 0 Å². The predicted molar refractivity (Wildman–Crippen MR) is 48.5 cm³/mol. The molecule has 3 heteroatoms. The number of alkyl halides is 1. The van der Waals surface area contributed by atoms with Crippen LogP contribution in [-0.2, 0) is 6.54 Å². The Morgan fingerprint density at radius 3 is 3.15 bits per heavy atom. The van der Waals surface area contributed by atoms with Crippen LogP contribution in [0.1, 0.15) is 17.3 Å². The molecule has 1 heterocycles. The van der Waals surface area contributed by atoms with Crippen molar-refractivity contribution in [2.75, 3.05) is 13.7 Å². The maximum atomic E-state index is 13.5. The van der Waals surface area contributed by atoms with Gasteiger partial charge in [0.05, 0.1) is 7.11 Å². The zero-order valence-corrected chi connectivity index (χ0v) is 7.51. The van der Waals surface area contributed by atoms with Crippen LogP contribution in [0.15, 0.2) is 18.2 Å². The number of hydrogen-bond acceptors (Lipinski definition) is 2. The molecule has 0 aliphatic carbocycles. The molecule has 1 aliphatic rings. The van der Waals surface area contributed by atoms with Crippen molar-refractivity contribution in [3.8, 4) is 5.75 Å². The van der Waals surface area contributed by atoms with Gasteiger partial charge in [-0.15, -0.1) is 0 Å². The predicted octanol–water partition coefficient (Wildman–Crippen LogP) is 1.81. The van der Waals surface area contributed by atoms with E-state index in [1.165, 1.54) is 0 Å². The highest BCUT2D eigenvalue weighted by molar-refractivity contribution is 5.43. The second kappa shape index (κ2) is 3.34. The lowest BCUT2D eigenvalue weighted by Gasteiger charge is -2.22. The van der Waals surface area contributed by atoms with Gasteiger partial charge < -0.3 is 10.1 Å². The number of rotatable bonds is 1. The van der Waals surface area contributed by atoms with Gasteiger partial charge in [0.2, 0.25) is 0 Å². The molecule has 1 aromatic rings. The van der Waals surface area contributed by atoms with E-state index in [-0.39, 0.29) is 0 Å². The summed E-state index contributed by atoms with van der Waals surface area (Å²) in [4.78, 5) is 0. The van der Waals surface area contributed by atoms with E-state index in [0.717, 1.165) is 12.1 Å². The van der Waals surface area contributed by atoms with Crippen molar-refractivity contribution in [3.05, 3.63) is 29.3 Å². The van der Waals surface area contributed by atoms with Crippen LogP contribution in [0.5, 0.6) is 5.75 Å². The molecule has 1 atom stereocenters. The molecule has 2 rings (SSSR count). The van der Waals surface area contributed by atoms with Crippen LogP contribution in [0.3, 0.4) is 0 Å². The van der Waals surface area contributed by atoms with E-state index in [1.54, 1.807) is 13.2 Å². The van der Waals surface area contributed by atoms with Crippen molar-refractivity contribution in [2.24, 2.45) is 0 Å². The van der Waals surface area contributed by atoms with Crippen molar-refractivity contribution in [1.82, 2.24) is 5.32 Å². The van der Waals surface area contributed by atoms with Crippen LogP contribution < -0.4 is 10.1 Å². The first-order valence-electron chi connectivity index (χ1n) is 4.33. The second-order valence-electron chi connectivity index (χ2n) is 3.13. The highest BCUT2D eigenvalue weighted by Gasteiger charge is 2.22. The van der Waals surface area contributed by atoms with Crippen molar-refractivity contribution >= 4 is 0 Å².